The average Bonchev–Trinajstić information content (AvgIpc) is 3.43. The molecule has 1 fully saturated rings. The van der Waals surface area contributed by atoms with Crippen LogP contribution in [0.25, 0.3) is 5.69 Å². The van der Waals surface area contributed by atoms with Gasteiger partial charge in [-0.15, -0.1) is 10.2 Å². The number of rotatable bonds is 7. The van der Waals surface area contributed by atoms with Gasteiger partial charge in [-0.3, -0.25) is 14.2 Å². The Balaban J connectivity index is 1.42. The second-order valence-electron chi connectivity index (χ2n) is 8.56. The maximum Gasteiger partial charge on any atom is 0.232 e. The van der Waals surface area contributed by atoms with Crippen LogP contribution in [0.1, 0.15) is 48.0 Å². The molecular formula is C25H27N5O3S. The minimum Gasteiger partial charge on any atom is -0.495 e. The Hall–Kier alpha value is -3.33. The van der Waals surface area contributed by atoms with Gasteiger partial charge in [-0.1, -0.05) is 23.9 Å². The molecule has 0 radical (unpaired) electrons. The van der Waals surface area contributed by atoms with E-state index in [1.165, 1.54) is 18.2 Å². The predicted octanol–water partition coefficient (Wildman–Crippen LogP) is 4.30. The van der Waals surface area contributed by atoms with Gasteiger partial charge in [0, 0.05) is 24.3 Å². The molecule has 0 bridgehead atoms. The molecule has 1 atom stereocenters. The van der Waals surface area contributed by atoms with E-state index in [9.17, 15) is 9.59 Å². The highest BCUT2D eigenvalue weighted by Gasteiger charge is 2.28. The van der Waals surface area contributed by atoms with Gasteiger partial charge in [-0.05, 0) is 62.1 Å². The average molecular weight is 478 g/mol. The molecule has 2 aliphatic heterocycles. The van der Waals surface area contributed by atoms with Gasteiger partial charge in [0.25, 0.3) is 0 Å². The van der Waals surface area contributed by atoms with E-state index in [4.69, 9.17) is 4.74 Å². The van der Waals surface area contributed by atoms with E-state index >= 15 is 0 Å². The van der Waals surface area contributed by atoms with Crippen LogP contribution in [0.4, 0.5) is 11.6 Å². The number of piperidine rings is 1. The molecule has 0 aliphatic carbocycles. The number of benzene rings is 2. The number of thioether (sulfide) groups is 1. The summed E-state index contributed by atoms with van der Waals surface area (Å²) in [4.78, 5) is 27.3. The summed E-state index contributed by atoms with van der Waals surface area (Å²) in [6.07, 6.45) is 3.46. The van der Waals surface area contributed by atoms with Gasteiger partial charge in [-0.2, -0.15) is 0 Å². The lowest BCUT2D eigenvalue weighted by atomic mass is 9.99. The number of hydrogen-bond acceptors (Lipinski definition) is 7. The number of fused-ring (bicyclic) bond motifs is 1. The number of nitrogens with zero attached hydrogens (tertiary/aromatic N) is 4. The van der Waals surface area contributed by atoms with Crippen LogP contribution in [-0.4, -0.2) is 52.4 Å². The van der Waals surface area contributed by atoms with Crippen molar-refractivity contribution in [1.29, 1.82) is 0 Å². The summed E-state index contributed by atoms with van der Waals surface area (Å²) in [6, 6.07) is 13.2. The molecule has 2 aromatic carbocycles. The summed E-state index contributed by atoms with van der Waals surface area (Å²) in [5, 5.41) is 12.5. The molecule has 1 saturated heterocycles. The molecule has 1 N–H and O–H groups in total. The molecule has 176 valence electrons. The van der Waals surface area contributed by atoms with Gasteiger partial charge in [-0.25, -0.2) is 0 Å². The Morgan fingerprint density at radius 2 is 1.94 bits per heavy atom. The SMILES string of the molecule is COc1ccccc1-n1c(SCC(=O)c2ccc3c(c2)[C@@H](C)C(=O)N3)nnc1N1CCCCC1. The van der Waals surface area contributed by atoms with Crippen LogP contribution >= 0.6 is 11.8 Å². The van der Waals surface area contributed by atoms with Crippen LogP contribution in [0.15, 0.2) is 47.6 Å². The smallest absolute Gasteiger partial charge is 0.232 e. The molecule has 9 heteroatoms. The Labute approximate surface area is 202 Å². The molecule has 3 heterocycles. The Morgan fingerprint density at radius 1 is 1.15 bits per heavy atom. The van der Waals surface area contributed by atoms with Crippen molar-refractivity contribution in [2.75, 3.05) is 36.2 Å². The minimum absolute atomic E-state index is 0.0200. The molecule has 34 heavy (non-hydrogen) atoms. The first-order valence-electron chi connectivity index (χ1n) is 11.5. The third kappa shape index (κ3) is 4.16. The molecule has 2 aliphatic rings. The second kappa shape index (κ2) is 9.50. The number of Topliss-reactive ketones (excluding diaryl/α,β-unsaturated/α-hetero) is 1. The quantitative estimate of drug-likeness (QED) is 0.401. The highest BCUT2D eigenvalue weighted by Crippen LogP contribution is 2.35. The third-order valence-electron chi connectivity index (χ3n) is 6.40. The minimum atomic E-state index is -0.254. The van der Waals surface area contributed by atoms with Crippen LogP contribution in [0, 0.1) is 0 Å². The summed E-state index contributed by atoms with van der Waals surface area (Å²) >= 11 is 1.36. The second-order valence-corrected chi connectivity index (χ2v) is 9.50. The summed E-state index contributed by atoms with van der Waals surface area (Å²) in [5.41, 5.74) is 3.09. The standard InChI is InChI=1S/C25H27N5O3S/c1-16-18-14-17(10-11-19(18)26-23(16)32)21(31)15-34-25-28-27-24(29-12-6-3-7-13-29)30(25)20-8-4-5-9-22(20)33-2/h4-5,8-11,14,16H,3,6-7,12-13,15H2,1-2H3,(H,26,32)/t16-/m1/s1. The lowest BCUT2D eigenvalue weighted by Gasteiger charge is -2.28. The number of carbonyl (C=O) groups excluding carboxylic acids is 2. The van der Waals surface area contributed by atoms with E-state index in [1.807, 2.05) is 41.8 Å². The molecule has 0 spiro atoms. The van der Waals surface area contributed by atoms with Crippen LogP contribution in [0.3, 0.4) is 0 Å². The Bertz CT molecular complexity index is 1240. The van der Waals surface area contributed by atoms with Crippen molar-refractivity contribution in [1.82, 2.24) is 14.8 Å². The van der Waals surface area contributed by atoms with E-state index in [2.05, 4.69) is 20.4 Å². The number of anilines is 2. The van der Waals surface area contributed by atoms with Crippen LogP contribution in [0.2, 0.25) is 0 Å². The fourth-order valence-corrected chi connectivity index (χ4v) is 5.32. The molecular weight excluding hydrogens is 450 g/mol. The molecule has 0 unspecified atom stereocenters. The molecule has 1 aromatic heterocycles. The topological polar surface area (TPSA) is 89.3 Å². The van der Waals surface area contributed by atoms with Crippen molar-refractivity contribution in [3.05, 3.63) is 53.6 Å². The number of carbonyl (C=O) groups is 2. The van der Waals surface area contributed by atoms with Gasteiger partial charge in [0.15, 0.2) is 10.9 Å². The molecule has 5 rings (SSSR count). The lowest BCUT2D eigenvalue weighted by Crippen LogP contribution is -2.31. The summed E-state index contributed by atoms with van der Waals surface area (Å²) < 4.78 is 7.61. The zero-order valence-electron chi connectivity index (χ0n) is 19.3. The maximum absolute atomic E-state index is 13.1. The van der Waals surface area contributed by atoms with E-state index in [-0.39, 0.29) is 23.4 Å². The van der Waals surface area contributed by atoms with E-state index < -0.39 is 0 Å². The van der Waals surface area contributed by atoms with Crippen molar-refractivity contribution >= 4 is 35.1 Å². The van der Waals surface area contributed by atoms with E-state index in [1.54, 1.807) is 19.2 Å². The number of para-hydroxylation sites is 2. The third-order valence-corrected chi connectivity index (χ3v) is 7.33. The zero-order chi connectivity index (χ0) is 23.7. The Morgan fingerprint density at radius 3 is 2.74 bits per heavy atom. The summed E-state index contributed by atoms with van der Waals surface area (Å²) in [5.74, 6) is 1.39. The normalized spacial score (nSPS) is 17.4. The van der Waals surface area contributed by atoms with Gasteiger partial charge < -0.3 is 15.0 Å². The van der Waals surface area contributed by atoms with Gasteiger partial charge in [0.05, 0.1) is 24.5 Å². The van der Waals surface area contributed by atoms with Crippen molar-refractivity contribution in [2.24, 2.45) is 0 Å². The molecule has 8 nitrogen and oxygen atoms in total. The zero-order valence-corrected chi connectivity index (χ0v) is 20.1. The largest absolute Gasteiger partial charge is 0.495 e. The predicted molar refractivity (Wildman–Crippen MR) is 133 cm³/mol. The van der Waals surface area contributed by atoms with Crippen LogP contribution in [0.5, 0.6) is 5.75 Å². The summed E-state index contributed by atoms with van der Waals surface area (Å²) in [6.45, 7) is 3.70. The van der Waals surface area contributed by atoms with Crippen LogP contribution in [-0.2, 0) is 4.79 Å². The first-order chi connectivity index (χ1) is 16.6. The van der Waals surface area contributed by atoms with Crippen molar-refractivity contribution < 1.29 is 14.3 Å². The van der Waals surface area contributed by atoms with Crippen molar-refractivity contribution in [3.8, 4) is 11.4 Å². The molecule has 0 saturated carbocycles. The van der Waals surface area contributed by atoms with E-state index in [0.29, 0.717) is 10.7 Å². The van der Waals surface area contributed by atoms with Crippen molar-refractivity contribution in [3.63, 3.8) is 0 Å². The van der Waals surface area contributed by atoms with Gasteiger partial charge in [0.1, 0.15) is 5.75 Å². The van der Waals surface area contributed by atoms with Crippen molar-refractivity contribution in [2.45, 2.75) is 37.3 Å². The summed E-state index contributed by atoms with van der Waals surface area (Å²) in [7, 11) is 1.65. The monoisotopic (exact) mass is 477 g/mol. The number of ketones is 1. The van der Waals surface area contributed by atoms with Crippen LogP contribution < -0.4 is 15.0 Å². The maximum atomic E-state index is 13.1. The van der Waals surface area contributed by atoms with Gasteiger partial charge in [0.2, 0.25) is 11.9 Å². The number of ether oxygens (including phenoxy) is 1. The highest BCUT2D eigenvalue weighted by atomic mass is 32.2. The number of hydrogen-bond donors (Lipinski definition) is 1. The molecule has 3 aromatic rings. The first-order valence-corrected chi connectivity index (χ1v) is 12.5. The lowest BCUT2D eigenvalue weighted by molar-refractivity contribution is -0.116. The number of amides is 1. The number of methoxy groups -OCH3 is 1. The number of nitrogens with one attached hydrogen (secondary N) is 1. The highest BCUT2D eigenvalue weighted by molar-refractivity contribution is 7.99. The van der Waals surface area contributed by atoms with E-state index in [0.717, 1.165) is 54.6 Å². The van der Waals surface area contributed by atoms with Gasteiger partial charge >= 0.3 is 0 Å². The first kappa shape index (κ1) is 22.5. The Kier molecular flexibility index (Phi) is 6.28. The molecule has 1 amide bonds. The number of aromatic nitrogens is 3. The fourth-order valence-electron chi connectivity index (χ4n) is 4.48. The fraction of sp³-hybridized carbons (Fsp3) is 0.360.